The van der Waals surface area contributed by atoms with Gasteiger partial charge in [-0.1, -0.05) is 18.2 Å². The molecular weight excluding hydrogens is 453 g/mol. The van der Waals surface area contributed by atoms with Crippen LogP contribution in [0, 0.1) is 0 Å². The van der Waals surface area contributed by atoms with Crippen LogP contribution in [0.3, 0.4) is 0 Å². The summed E-state index contributed by atoms with van der Waals surface area (Å²) in [5.74, 6) is 0.253. The standard InChI is InChI=1S/C19H16BrF3N4O2/c1-10(29-15-8-7-11(16(24)28)9-14(15)20)17-25-26-18(27(17)2)12-5-3-4-6-13(12)19(21,22)23/h3-10H,1-2H3,(H2,24,28). The molecule has 0 bridgehead atoms. The highest BCUT2D eigenvalue weighted by atomic mass is 79.9. The van der Waals surface area contributed by atoms with Gasteiger partial charge in [0, 0.05) is 18.2 Å². The van der Waals surface area contributed by atoms with Gasteiger partial charge in [0.25, 0.3) is 0 Å². The number of primary amides is 1. The third-order valence-corrected chi connectivity index (χ3v) is 4.89. The minimum atomic E-state index is -4.52. The van der Waals surface area contributed by atoms with Gasteiger partial charge < -0.3 is 15.0 Å². The molecule has 3 rings (SSSR count). The van der Waals surface area contributed by atoms with Crippen LogP contribution >= 0.6 is 15.9 Å². The number of ether oxygens (including phenoxy) is 1. The zero-order chi connectivity index (χ0) is 21.3. The molecule has 0 saturated heterocycles. The highest BCUT2D eigenvalue weighted by Crippen LogP contribution is 2.37. The van der Waals surface area contributed by atoms with Crippen molar-refractivity contribution in [3.8, 4) is 17.1 Å². The summed E-state index contributed by atoms with van der Waals surface area (Å²) in [6.07, 6.45) is -5.15. The van der Waals surface area contributed by atoms with Crippen LogP contribution in [0.1, 0.15) is 34.8 Å². The van der Waals surface area contributed by atoms with E-state index in [1.54, 1.807) is 20.0 Å². The fraction of sp³-hybridized carbons (Fsp3) is 0.211. The van der Waals surface area contributed by atoms with E-state index in [1.807, 2.05) is 0 Å². The number of nitrogens with zero attached hydrogens (tertiary/aromatic N) is 3. The summed E-state index contributed by atoms with van der Waals surface area (Å²) in [5, 5.41) is 7.96. The number of benzene rings is 2. The lowest BCUT2D eigenvalue weighted by Crippen LogP contribution is -2.13. The molecule has 0 spiro atoms. The number of carbonyl (C=O) groups excluding carboxylic acids is 1. The molecule has 1 unspecified atom stereocenters. The van der Waals surface area contributed by atoms with Crippen molar-refractivity contribution in [1.82, 2.24) is 14.8 Å². The number of halogens is 4. The van der Waals surface area contributed by atoms with E-state index in [0.717, 1.165) is 6.07 Å². The largest absolute Gasteiger partial charge is 0.482 e. The van der Waals surface area contributed by atoms with Crippen molar-refractivity contribution in [3.05, 3.63) is 63.9 Å². The van der Waals surface area contributed by atoms with Crippen molar-refractivity contribution < 1.29 is 22.7 Å². The van der Waals surface area contributed by atoms with Gasteiger partial charge in [0.15, 0.2) is 17.8 Å². The van der Waals surface area contributed by atoms with Gasteiger partial charge in [-0.25, -0.2) is 0 Å². The molecule has 152 valence electrons. The zero-order valence-electron chi connectivity index (χ0n) is 15.4. The molecule has 0 aliphatic carbocycles. The molecule has 1 aromatic heterocycles. The topological polar surface area (TPSA) is 83.0 Å². The Bertz CT molecular complexity index is 1070. The van der Waals surface area contributed by atoms with Gasteiger partial charge in [-0.05, 0) is 47.1 Å². The number of alkyl halides is 3. The molecular formula is C19H16BrF3N4O2. The molecule has 29 heavy (non-hydrogen) atoms. The number of carbonyl (C=O) groups is 1. The summed E-state index contributed by atoms with van der Waals surface area (Å²) in [4.78, 5) is 11.2. The Morgan fingerprint density at radius 1 is 1.21 bits per heavy atom. The number of amides is 1. The first-order chi connectivity index (χ1) is 13.6. The zero-order valence-corrected chi connectivity index (χ0v) is 17.0. The van der Waals surface area contributed by atoms with Crippen molar-refractivity contribution in [2.75, 3.05) is 0 Å². The first-order valence-corrected chi connectivity index (χ1v) is 9.20. The van der Waals surface area contributed by atoms with Crippen LogP contribution in [0.4, 0.5) is 13.2 Å². The quantitative estimate of drug-likeness (QED) is 0.597. The van der Waals surface area contributed by atoms with E-state index >= 15 is 0 Å². The summed E-state index contributed by atoms with van der Waals surface area (Å²) >= 11 is 3.31. The van der Waals surface area contributed by atoms with E-state index in [2.05, 4.69) is 26.1 Å². The van der Waals surface area contributed by atoms with E-state index in [4.69, 9.17) is 10.5 Å². The normalized spacial score (nSPS) is 12.6. The fourth-order valence-corrected chi connectivity index (χ4v) is 3.32. The van der Waals surface area contributed by atoms with Crippen LogP contribution in [-0.2, 0) is 13.2 Å². The van der Waals surface area contributed by atoms with Crippen LogP contribution in [0.25, 0.3) is 11.4 Å². The second-order valence-corrected chi connectivity index (χ2v) is 7.11. The SMILES string of the molecule is CC(Oc1ccc(C(N)=O)cc1Br)c1nnc(-c2ccccc2C(F)(F)F)n1C. The summed E-state index contributed by atoms with van der Waals surface area (Å²) in [5.41, 5.74) is 4.69. The van der Waals surface area contributed by atoms with Crippen LogP contribution < -0.4 is 10.5 Å². The third-order valence-electron chi connectivity index (χ3n) is 4.27. The third kappa shape index (κ3) is 4.26. The molecule has 1 amide bonds. The van der Waals surface area contributed by atoms with Crippen molar-refractivity contribution in [3.63, 3.8) is 0 Å². The van der Waals surface area contributed by atoms with Crippen molar-refractivity contribution in [1.29, 1.82) is 0 Å². The lowest BCUT2D eigenvalue weighted by molar-refractivity contribution is -0.137. The van der Waals surface area contributed by atoms with Crippen molar-refractivity contribution in [2.24, 2.45) is 12.8 Å². The Kier molecular flexibility index (Phi) is 5.65. The summed E-state index contributed by atoms with van der Waals surface area (Å²) in [7, 11) is 1.57. The fourth-order valence-electron chi connectivity index (χ4n) is 2.85. The minimum absolute atomic E-state index is 0.0690. The second kappa shape index (κ2) is 7.86. The lowest BCUT2D eigenvalue weighted by Gasteiger charge is -2.16. The van der Waals surface area contributed by atoms with E-state index < -0.39 is 23.8 Å². The highest BCUT2D eigenvalue weighted by molar-refractivity contribution is 9.10. The predicted octanol–water partition coefficient (Wildman–Crippen LogP) is 4.50. The predicted molar refractivity (Wildman–Crippen MR) is 103 cm³/mol. The molecule has 3 aromatic rings. The van der Waals surface area contributed by atoms with Crippen LogP contribution in [-0.4, -0.2) is 20.7 Å². The van der Waals surface area contributed by atoms with Gasteiger partial charge in [0.2, 0.25) is 5.91 Å². The molecule has 0 saturated carbocycles. The Balaban J connectivity index is 1.92. The molecule has 0 aliphatic rings. The maximum atomic E-state index is 13.3. The molecule has 1 heterocycles. The van der Waals surface area contributed by atoms with E-state index in [1.165, 1.54) is 34.9 Å². The van der Waals surface area contributed by atoms with Gasteiger partial charge in [0.1, 0.15) is 5.75 Å². The molecule has 10 heteroatoms. The van der Waals surface area contributed by atoms with E-state index in [0.29, 0.717) is 21.6 Å². The Labute approximate surface area is 172 Å². The van der Waals surface area contributed by atoms with Crippen molar-refractivity contribution >= 4 is 21.8 Å². The van der Waals surface area contributed by atoms with Gasteiger partial charge in [0.05, 0.1) is 10.0 Å². The lowest BCUT2D eigenvalue weighted by atomic mass is 10.1. The summed E-state index contributed by atoms with van der Waals surface area (Å²) in [6.45, 7) is 1.69. The summed E-state index contributed by atoms with van der Waals surface area (Å²) < 4.78 is 47.8. The molecule has 6 nitrogen and oxygen atoms in total. The maximum Gasteiger partial charge on any atom is 0.417 e. The smallest absolute Gasteiger partial charge is 0.417 e. The molecule has 1 atom stereocenters. The van der Waals surface area contributed by atoms with Crippen LogP contribution in [0.2, 0.25) is 0 Å². The van der Waals surface area contributed by atoms with Crippen LogP contribution in [0.15, 0.2) is 46.9 Å². The number of hydrogen-bond acceptors (Lipinski definition) is 4. The van der Waals surface area contributed by atoms with Gasteiger partial charge in [-0.2, -0.15) is 13.2 Å². The molecule has 0 fully saturated rings. The molecule has 2 N–H and O–H groups in total. The first-order valence-electron chi connectivity index (χ1n) is 8.41. The monoisotopic (exact) mass is 468 g/mol. The average Bonchev–Trinajstić information content (AvgIpc) is 3.04. The Morgan fingerprint density at radius 3 is 2.52 bits per heavy atom. The second-order valence-electron chi connectivity index (χ2n) is 6.25. The number of nitrogens with two attached hydrogens (primary N) is 1. The number of hydrogen-bond donors (Lipinski definition) is 1. The first kappa shape index (κ1) is 20.8. The molecule has 0 radical (unpaired) electrons. The molecule has 0 aliphatic heterocycles. The van der Waals surface area contributed by atoms with E-state index in [9.17, 15) is 18.0 Å². The Hall–Kier alpha value is -2.88. The Morgan fingerprint density at radius 2 is 1.90 bits per heavy atom. The average molecular weight is 469 g/mol. The van der Waals surface area contributed by atoms with Gasteiger partial charge in [-0.3, -0.25) is 4.79 Å². The minimum Gasteiger partial charge on any atom is -0.482 e. The van der Waals surface area contributed by atoms with Gasteiger partial charge in [-0.15, -0.1) is 10.2 Å². The highest BCUT2D eigenvalue weighted by Gasteiger charge is 2.35. The van der Waals surface area contributed by atoms with Crippen LogP contribution in [0.5, 0.6) is 5.75 Å². The number of rotatable bonds is 5. The number of aromatic nitrogens is 3. The van der Waals surface area contributed by atoms with Crippen molar-refractivity contribution in [2.45, 2.75) is 19.2 Å². The molecule has 2 aromatic carbocycles. The maximum absolute atomic E-state index is 13.3. The van der Waals surface area contributed by atoms with E-state index in [-0.39, 0.29) is 11.4 Å². The van der Waals surface area contributed by atoms with Gasteiger partial charge >= 0.3 is 6.18 Å². The summed E-state index contributed by atoms with van der Waals surface area (Å²) in [6, 6.07) is 9.78.